The fraction of sp³-hybridized carbons (Fsp3) is 0.360. The monoisotopic (exact) mass is 360 g/mol. The van der Waals surface area contributed by atoms with Crippen LogP contribution in [0.5, 0.6) is 0 Å². The third-order valence-corrected chi connectivity index (χ3v) is 10.8. The van der Waals surface area contributed by atoms with E-state index >= 15 is 0 Å². The molecule has 0 saturated carbocycles. The molecule has 0 bridgehead atoms. The van der Waals surface area contributed by atoms with E-state index in [0.29, 0.717) is 0 Å². The zero-order valence-electron chi connectivity index (χ0n) is 17.0. The largest absolute Gasteiger partial charge is 0.116 e. The van der Waals surface area contributed by atoms with Crippen LogP contribution in [-0.4, -0.2) is 8.07 Å². The van der Waals surface area contributed by atoms with Crippen molar-refractivity contribution in [3.63, 3.8) is 0 Å². The number of unbranched alkanes of at least 4 members (excludes halogenated alkanes) is 1. The van der Waals surface area contributed by atoms with Crippen LogP contribution in [0.25, 0.3) is 5.57 Å². The number of aryl methyl sites for hydroxylation is 3. The lowest BCUT2D eigenvalue weighted by Gasteiger charge is -2.35. The Balaban J connectivity index is 2.14. The van der Waals surface area contributed by atoms with E-state index in [1.807, 2.05) is 0 Å². The van der Waals surface area contributed by atoms with Gasteiger partial charge in [-0.1, -0.05) is 103 Å². The SMILES string of the molecule is CCCC[Si](C)(C1=CCC=C1c1ccccc1)c1c(C)cc(C)cc1C. The summed E-state index contributed by atoms with van der Waals surface area (Å²) < 4.78 is 0. The number of benzene rings is 2. The quantitative estimate of drug-likeness (QED) is 0.506. The number of rotatable bonds is 6. The van der Waals surface area contributed by atoms with E-state index < -0.39 is 8.07 Å². The van der Waals surface area contributed by atoms with Gasteiger partial charge in [-0.05, 0) is 49.6 Å². The standard InChI is InChI=1S/C25H32Si/c1-6-7-16-26(5,25-20(3)17-19(2)18-21(25)4)24-15-11-14-23(24)22-12-9-8-10-13-22/h8-10,12-15,17-18H,6-7,11,16H2,1-5H3. The minimum absolute atomic E-state index is 1.08. The first-order chi connectivity index (χ1) is 12.5. The molecule has 3 rings (SSSR count). The Labute approximate surface area is 160 Å². The molecule has 0 heterocycles. The lowest BCUT2D eigenvalue weighted by molar-refractivity contribution is 0.871. The molecule has 1 aliphatic rings. The summed E-state index contributed by atoms with van der Waals surface area (Å²) in [5, 5.41) is 3.33. The summed E-state index contributed by atoms with van der Waals surface area (Å²) in [6.07, 6.45) is 8.64. The van der Waals surface area contributed by atoms with E-state index in [9.17, 15) is 0 Å². The lowest BCUT2D eigenvalue weighted by Crippen LogP contribution is -2.49. The average Bonchev–Trinajstić information content (AvgIpc) is 3.10. The third-order valence-electron chi connectivity index (χ3n) is 5.87. The van der Waals surface area contributed by atoms with Crippen molar-refractivity contribution < 1.29 is 0 Å². The van der Waals surface area contributed by atoms with Crippen LogP contribution in [0.4, 0.5) is 0 Å². The molecule has 1 atom stereocenters. The van der Waals surface area contributed by atoms with Gasteiger partial charge in [0.05, 0.1) is 0 Å². The molecule has 0 amide bonds. The van der Waals surface area contributed by atoms with E-state index in [0.717, 1.165) is 6.42 Å². The van der Waals surface area contributed by atoms with Gasteiger partial charge in [-0.3, -0.25) is 0 Å². The van der Waals surface area contributed by atoms with Crippen molar-refractivity contribution in [2.75, 3.05) is 0 Å². The molecule has 0 aromatic heterocycles. The highest BCUT2D eigenvalue weighted by Gasteiger charge is 2.38. The van der Waals surface area contributed by atoms with Crippen molar-refractivity contribution >= 4 is 18.8 Å². The first-order valence-electron chi connectivity index (χ1n) is 10.0. The molecule has 136 valence electrons. The van der Waals surface area contributed by atoms with Gasteiger partial charge in [0, 0.05) is 0 Å². The summed E-state index contributed by atoms with van der Waals surface area (Å²) in [6.45, 7) is 11.8. The van der Waals surface area contributed by atoms with Crippen molar-refractivity contribution in [2.24, 2.45) is 0 Å². The van der Waals surface area contributed by atoms with Crippen LogP contribution in [0.1, 0.15) is 48.4 Å². The summed E-state index contributed by atoms with van der Waals surface area (Å²) in [5.74, 6) is 0. The van der Waals surface area contributed by atoms with E-state index in [1.54, 1.807) is 10.4 Å². The van der Waals surface area contributed by atoms with Crippen LogP contribution in [-0.2, 0) is 0 Å². The van der Waals surface area contributed by atoms with Crippen molar-refractivity contribution in [2.45, 2.75) is 59.5 Å². The number of allylic oxidation sites excluding steroid dienone is 4. The van der Waals surface area contributed by atoms with E-state index in [1.165, 1.54) is 46.7 Å². The Morgan fingerprint density at radius 2 is 1.58 bits per heavy atom. The predicted molar refractivity (Wildman–Crippen MR) is 119 cm³/mol. The lowest BCUT2D eigenvalue weighted by atomic mass is 10.1. The van der Waals surface area contributed by atoms with Gasteiger partial charge in [-0.2, -0.15) is 0 Å². The minimum atomic E-state index is -1.78. The molecule has 1 heteroatoms. The van der Waals surface area contributed by atoms with E-state index in [2.05, 4.69) is 88.9 Å². The second-order valence-corrected chi connectivity index (χ2v) is 12.2. The Hall–Kier alpha value is -1.86. The van der Waals surface area contributed by atoms with Gasteiger partial charge < -0.3 is 0 Å². The fourth-order valence-electron chi connectivity index (χ4n) is 4.90. The first kappa shape index (κ1) is 18.9. The summed E-state index contributed by atoms with van der Waals surface area (Å²) >= 11 is 0. The van der Waals surface area contributed by atoms with Gasteiger partial charge in [0.15, 0.2) is 0 Å². The highest BCUT2D eigenvalue weighted by atomic mass is 28.3. The number of hydrogen-bond acceptors (Lipinski definition) is 0. The molecule has 0 spiro atoms. The van der Waals surface area contributed by atoms with Crippen molar-refractivity contribution in [3.8, 4) is 0 Å². The van der Waals surface area contributed by atoms with Crippen LogP contribution >= 0.6 is 0 Å². The zero-order chi connectivity index (χ0) is 18.7. The highest BCUT2D eigenvalue weighted by molar-refractivity contribution is 6.99. The Morgan fingerprint density at radius 1 is 0.923 bits per heavy atom. The molecule has 0 saturated heterocycles. The maximum absolute atomic E-state index is 2.61. The molecule has 0 nitrogen and oxygen atoms in total. The van der Waals surface area contributed by atoms with Gasteiger partial charge in [-0.25, -0.2) is 0 Å². The minimum Gasteiger partial charge on any atom is -0.0804 e. The maximum Gasteiger partial charge on any atom is 0.116 e. The second kappa shape index (κ2) is 7.80. The smallest absolute Gasteiger partial charge is 0.0804 e. The van der Waals surface area contributed by atoms with Crippen LogP contribution in [0, 0.1) is 20.8 Å². The summed E-state index contributed by atoms with van der Waals surface area (Å²) in [4.78, 5) is 0. The molecule has 0 N–H and O–H groups in total. The van der Waals surface area contributed by atoms with Crippen LogP contribution in [0.2, 0.25) is 12.6 Å². The second-order valence-electron chi connectivity index (χ2n) is 8.05. The first-order valence-corrected chi connectivity index (χ1v) is 12.7. The predicted octanol–water partition coefficient (Wildman–Crippen LogP) is 6.65. The van der Waals surface area contributed by atoms with Crippen molar-refractivity contribution in [1.82, 2.24) is 0 Å². The fourth-order valence-corrected chi connectivity index (χ4v) is 10.0. The topological polar surface area (TPSA) is 0 Å². The Morgan fingerprint density at radius 3 is 2.19 bits per heavy atom. The Bertz CT molecular complexity index is 819. The molecular formula is C25H32Si. The van der Waals surface area contributed by atoms with Crippen LogP contribution in [0.3, 0.4) is 0 Å². The van der Waals surface area contributed by atoms with E-state index in [-0.39, 0.29) is 0 Å². The van der Waals surface area contributed by atoms with Gasteiger partial charge in [0.25, 0.3) is 0 Å². The maximum atomic E-state index is 2.61. The van der Waals surface area contributed by atoms with E-state index in [4.69, 9.17) is 0 Å². The van der Waals surface area contributed by atoms with Crippen molar-refractivity contribution in [3.05, 3.63) is 82.1 Å². The summed E-state index contributed by atoms with van der Waals surface area (Å²) in [5.41, 5.74) is 7.25. The van der Waals surface area contributed by atoms with Gasteiger partial charge >= 0.3 is 0 Å². The summed E-state index contributed by atoms with van der Waals surface area (Å²) in [6, 6.07) is 17.1. The molecule has 0 aliphatic heterocycles. The van der Waals surface area contributed by atoms with Gasteiger partial charge in [-0.15, -0.1) is 0 Å². The Kier molecular flexibility index (Phi) is 5.67. The molecule has 26 heavy (non-hydrogen) atoms. The van der Waals surface area contributed by atoms with Crippen LogP contribution in [0.15, 0.2) is 59.8 Å². The normalized spacial score (nSPS) is 16.2. The third kappa shape index (κ3) is 3.50. The molecule has 1 aliphatic carbocycles. The molecule has 0 fully saturated rings. The molecule has 1 unspecified atom stereocenters. The average molecular weight is 361 g/mol. The molecular weight excluding hydrogens is 328 g/mol. The van der Waals surface area contributed by atoms with Crippen LogP contribution < -0.4 is 5.19 Å². The summed E-state index contributed by atoms with van der Waals surface area (Å²) in [7, 11) is -1.78. The highest BCUT2D eigenvalue weighted by Crippen LogP contribution is 2.38. The molecule has 2 aromatic carbocycles. The van der Waals surface area contributed by atoms with Gasteiger partial charge in [0.1, 0.15) is 8.07 Å². The zero-order valence-corrected chi connectivity index (χ0v) is 18.0. The molecule has 0 radical (unpaired) electrons. The van der Waals surface area contributed by atoms with Gasteiger partial charge in [0.2, 0.25) is 0 Å². The number of hydrogen-bond donors (Lipinski definition) is 0. The molecule has 2 aromatic rings. The van der Waals surface area contributed by atoms with Crippen molar-refractivity contribution in [1.29, 1.82) is 0 Å².